The third-order valence-corrected chi connectivity index (χ3v) is 1.39. The van der Waals surface area contributed by atoms with Gasteiger partial charge in [-0.05, 0) is 26.6 Å². The number of hydrogen-bond donors (Lipinski definition) is 0. The lowest BCUT2D eigenvalue weighted by atomic mass is 10.2. The molecule has 0 heterocycles. The summed E-state index contributed by atoms with van der Waals surface area (Å²) < 4.78 is 0. The van der Waals surface area contributed by atoms with E-state index in [4.69, 9.17) is 11.6 Å². The zero-order chi connectivity index (χ0) is 7.44. The van der Waals surface area contributed by atoms with Gasteiger partial charge in [0.05, 0.1) is 5.38 Å². The molecule has 2 heteroatoms. The lowest BCUT2D eigenvalue weighted by Gasteiger charge is -2.12. The maximum atomic E-state index is 5.75. The van der Waals surface area contributed by atoms with Crippen molar-refractivity contribution in [2.75, 3.05) is 20.6 Å². The van der Waals surface area contributed by atoms with Gasteiger partial charge in [0.2, 0.25) is 0 Å². The molecule has 0 aromatic rings. The molecule has 9 heavy (non-hydrogen) atoms. The van der Waals surface area contributed by atoms with E-state index in [1.54, 1.807) is 0 Å². The van der Waals surface area contributed by atoms with Crippen molar-refractivity contribution in [1.82, 2.24) is 4.90 Å². The highest BCUT2D eigenvalue weighted by molar-refractivity contribution is 6.22. The molecule has 0 N–H and O–H groups in total. The fourth-order valence-corrected chi connectivity index (χ4v) is 0.601. The second-order valence-corrected chi connectivity index (χ2v) is 3.17. The van der Waals surface area contributed by atoms with Gasteiger partial charge in [0, 0.05) is 6.54 Å². The van der Waals surface area contributed by atoms with Gasteiger partial charge >= 0.3 is 0 Å². The Morgan fingerprint density at radius 2 is 2.11 bits per heavy atom. The third kappa shape index (κ3) is 4.49. The molecule has 0 radical (unpaired) electrons. The predicted octanol–water partition coefficient (Wildman–Crippen LogP) is 1.73. The Labute approximate surface area is 62.3 Å². The number of hydrogen-bond acceptors (Lipinski definition) is 1. The summed E-state index contributed by atoms with van der Waals surface area (Å²) in [5, 5.41) is 0.0902. The van der Waals surface area contributed by atoms with Crippen LogP contribution in [0.5, 0.6) is 0 Å². The van der Waals surface area contributed by atoms with Crippen molar-refractivity contribution in [3.63, 3.8) is 0 Å². The molecular weight excluding hydrogens is 134 g/mol. The van der Waals surface area contributed by atoms with E-state index in [-0.39, 0.29) is 5.38 Å². The van der Waals surface area contributed by atoms with E-state index < -0.39 is 0 Å². The zero-order valence-electron chi connectivity index (χ0n) is 6.32. The third-order valence-electron chi connectivity index (χ3n) is 1.08. The number of halogens is 1. The lowest BCUT2D eigenvalue weighted by Crippen LogP contribution is -2.17. The van der Waals surface area contributed by atoms with Crippen molar-refractivity contribution in [1.29, 1.82) is 0 Å². The molecule has 0 rings (SSSR count). The highest BCUT2D eigenvalue weighted by atomic mass is 35.5. The van der Waals surface area contributed by atoms with Gasteiger partial charge in [-0.1, -0.05) is 6.58 Å². The van der Waals surface area contributed by atoms with Crippen molar-refractivity contribution in [2.45, 2.75) is 12.3 Å². The van der Waals surface area contributed by atoms with Crippen LogP contribution in [0.4, 0.5) is 0 Å². The maximum Gasteiger partial charge on any atom is 0.0526 e. The Balaban J connectivity index is 3.51. The van der Waals surface area contributed by atoms with Crippen LogP contribution in [0.1, 0.15) is 6.92 Å². The normalized spacial score (nSPS) is 13.9. The highest BCUT2D eigenvalue weighted by Crippen LogP contribution is 2.06. The first kappa shape index (κ1) is 8.99. The minimum Gasteiger partial charge on any atom is -0.305 e. The van der Waals surface area contributed by atoms with Crippen molar-refractivity contribution < 1.29 is 0 Å². The van der Waals surface area contributed by atoms with Gasteiger partial charge in [0.25, 0.3) is 0 Å². The fraction of sp³-hybridized carbons (Fsp3) is 0.714. The molecule has 0 aromatic carbocycles. The van der Waals surface area contributed by atoms with E-state index in [0.29, 0.717) is 0 Å². The average Bonchev–Trinajstić information content (AvgIpc) is 1.63. The predicted molar refractivity (Wildman–Crippen MR) is 43.0 cm³/mol. The van der Waals surface area contributed by atoms with Gasteiger partial charge in [-0.25, -0.2) is 0 Å². The average molecular weight is 148 g/mol. The van der Waals surface area contributed by atoms with E-state index in [9.17, 15) is 0 Å². The summed E-state index contributed by atoms with van der Waals surface area (Å²) in [5.41, 5.74) is 1.07. The lowest BCUT2D eigenvalue weighted by molar-refractivity contribution is 0.442. The molecule has 0 saturated carbocycles. The van der Waals surface area contributed by atoms with Crippen LogP contribution in [0.3, 0.4) is 0 Å². The van der Waals surface area contributed by atoms with E-state index in [0.717, 1.165) is 12.1 Å². The monoisotopic (exact) mass is 147 g/mol. The van der Waals surface area contributed by atoms with Crippen LogP contribution < -0.4 is 0 Å². The Morgan fingerprint density at radius 3 is 2.22 bits per heavy atom. The van der Waals surface area contributed by atoms with Gasteiger partial charge in [0.1, 0.15) is 0 Å². The SMILES string of the molecule is C=C(CN(C)C)C(C)Cl. The summed E-state index contributed by atoms with van der Waals surface area (Å²) in [6.07, 6.45) is 0. The molecule has 1 nitrogen and oxygen atoms in total. The summed E-state index contributed by atoms with van der Waals surface area (Å²) >= 11 is 5.75. The standard InChI is InChI=1S/C7H14ClN/c1-6(7(2)8)5-9(3)4/h7H,1,5H2,2-4H3. The van der Waals surface area contributed by atoms with Crippen LogP contribution in [0, 0.1) is 0 Å². The summed E-state index contributed by atoms with van der Waals surface area (Å²) in [7, 11) is 4.01. The fourth-order valence-electron chi connectivity index (χ4n) is 0.532. The summed E-state index contributed by atoms with van der Waals surface area (Å²) in [6, 6.07) is 0. The van der Waals surface area contributed by atoms with Gasteiger partial charge < -0.3 is 4.90 Å². The van der Waals surface area contributed by atoms with Crippen LogP contribution in [0.25, 0.3) is 0 Å². The van der Waals surface area contributed by atoms with Crippen molar-refractivity contribution in [2.24, 2.45) is 0 Å². The van der Waals surface area contributed by atoms with Crippen LogP contribution in [-0.4, -0.2) is 30.9 Å². The van der Waals surface area contributed by atoms with Crippen LogP contribution in [0.2, 0.25) is 0 Å². The van der Waals surface area contributed by atoms with Crippen LogP contribution in [-0.2, 0) is 0 Å². The molecule has 0 bridgehead atoms. The van der Waals surface area contributed by atoms with Gasteiger partial charge in [-0.2, -0.15) is 0 Å². The molecule has 0 aromatic heterocycles. The van der Waals surface area contributed by atoms with E-state index >= 15 is 0 Å². The van der Waals surface area contributed by atoms with E-state index in [1.807, 2.05) is 21.0 Å². The first-order chi connectivity index (χ1) is 4.04. The van der Waals surface area contributed by atoms with E-state index in [1.165, 1.54) is 0 Å². The largest absolute Gasteiger partial charge is 0.305 e. The van der Waals surface area contributed by atoms with Gasteiger partial charge in [-0.15, -0.1) is 11.6 Å². The molecule has 0 aliphatic rings. The molecule has 54 valence electrons. The van der Waals surface area contributed by atoms with Gasteiger partial charge in [0.15, 0.2) is 0 Å². The molecule has 1 atom stereocenters. The smallest absolute Gasteiger partial charge is 0.0526 e. The maximum absolute atomic E-state index is 5.75. The second-order valence-electron chi connectivity index (χ2n) is 2.51. The van der Waals surface area contributed by atoms with E-state index in [2.05, 4.69) is 11.5 Å². The molecular formula is C7H14ClN. The number of nitrogens with zero attached hydrogens (tertiary/aromatic N) is 1. The number of likely N-dealkylation sites (N-methyl/N-ethyl adjacent to an activating group) is 1. The summed E-state index contributed by atoms with van der Waals surface area (Å²) in [6.45, 7) is 6.64. The van der Waals surface area contributed by atoms with Gasteiger partial charge in [-0.3, -0.25) is 0 Å². The number of alkyl halides is 1. The highest BCUT2D eigenvalue weighted by Gasteiger charge is 2.01. The summed E-state index contributed by atoms with van der Waals surface area (Å²) in [5.74, 6) is 0. The minimum atomic E-state index is 0.0902. The molecule has 0 aliphatic heterocycles. The van der Waals surface area contributed by atoms with Crippen molar-refractivity contribution >= 4 is 11.6 Å². The van der Waals surface area contributed by atoms with Crippen LogP contribution >= 0.6 is 11.6 Å². The molecule has 0 saturated heterocycles. The quantitative estimate of drug-likeness (QED) is 0.434. The number of rotatable bonds is 3. The Hall–Kier alpha value is -0.0100. The Morgan fingerprint density at radius 1 is 1.67 bits per heavy atom. The van der Waals surface area contributed by atoms with Crippen molar-refractivity contribution in [3.05, 3.63) is 12.2 Å². The zero-order valence-corrected chi connectivity index (χ0v) is 7.07. The first-order valence-corrected chi connectivity index (χ1v) is 3.44. The molecule has 0 fully saturated rings. The van der Waals surface area contributed by atoms with Crippen molar-refractivity contribution in [3.8, 4) is 0 Å². The second kappa shape index (κ2) is 3.91. The molecule has 0 spiro atoms. The topological polar surface area (TPSA) is 3.24 Å². The summed E-state index contributed by atoms with van der Waals surface area (Å²) in [4.78, 5) is 2.06. The van der Waals surface area contributed by atoms with Crippen LogP contribution in [0.15, 0.2) is 12.2 Å². The Kier molecular flexibility index (Phi) is 3.91. The molecule has 1 unspecified atom stereocenters. The molecule has 0 amide bonds. The molecule has 0 aliphatic carbocycles. The minimum absolute atomic E-state index is 0.0902. The first-order valence-electron chi connectivity index (χ1n) is 3.00. The Bertz CT molecular complexity index is 97.1.